The van der Waals surface area contributed by atoms with E-state index in [2.05, 4.69) is 16.9 Å². The molecule has 0 aliphatic carbocycles. The molecule has 1 N–H and O–H groups in total. The molecular formula is C17H23FN4. The van der Waals surface area contributed by atoms with Gasteiger partial charge in [-0.15, -0.1) is 6.58 Å². The second-order valence-electron chi connectivity index (χ2n) is 4.94. The van der Waals surface area contributed by atoms with Crippen LogP contribution < -0.4 is 5.32 Å². The molecule has 0 heterocycles. The van der Waals surface area contributed by atoms with E-state index in [1.54, 1.807) is 12.1 Å². The number of aliphatic imine (C=N–C) groups is 1. The predicted octanol–water partition coefficient (Wildman–Crippen LogP) is 3.06. The van der Waals surface area contributed by atoms with E-state index in [0.717, 1.165) is 31.9 Å². The van der Waals surface area contributed by atoms with Crippen molar-refractivity contribution in [3.63, 3.8) is 0 Å². The number of unbranched alkanes of at least 4 members (excludes halogenated alkanes) is 1. The van der Waals surface area contributed by atoms with Crippen molar-refractivity contribution in [3.8, 4) is 6.07 Å². The molecule has 0 aromatic heterocycles. The summed E-state index contributed by atoms with van der Waals surface area (Å²) < 4.78 is 13.9. The minimum atomic E-state index is -0.395. The highest BCUT2D eigenvalue weighted by Crippen LogP contribution is 2.11. The Morgan fingerprint density at radius 2 is 2.32 bits per heavy atom. The molecule has 4 nitrogen and oxygen atoms in total. The summed E-state index contributed by atoms with van der Waals surface area (Å²) in [5.74, 6) is 0.350. The molecule has 0 fully saturated rings. The third-order valence-corrected chi connectivity index (χ3v) is 3.18. The number of nitrogens with zero attached hydrogens (tertiary/aromatic N) is 3. The molecule has 22 heavy (non-hydrogen) atoms. The van der Waals surface area contributed by atoms with Crippen LogP contribution in [0.15, 0.2) is 35.8 Å². The number of nitrogens with one attached hydrogen (secondary N) is 1. The third kappa shape index (κ3) is 5.57. The van der Waals surface area contributed by atoms with Crippen molar-refractivity contribution in [2.75, 3.05) is 20.1 Å². The Kier molecular flexibility index (Phi) is 7.69. The standard InChI is InChI=1S/C17H23FN4/c1-4-6-7-10-22(3)17(20-5-2)21-13-15-9-8-14(12-19)11-16(15)18/h4,8-9,11H,1,5-7,10,13H2,2-3H3,(H,20,21). The van der Waals surface area contributed by atoms with Gasteiger partial charge in [0.2, 0.25) is 0 Å². The Hall–Kier alpha value is -2.35. The Balaban J connectivity index is 2.77. The fraction of sp³-hybridized carbons (Fsp3) is 0.412. The number of halogens is 1. The van der Waals surface area contributed by atoms with Gasteiger partial charge < -0.3 is 10.2 Å². The number of nitriles is 1. The van der Waals surface area contributed by atoms with Gasteiger partial charge in [-0.2, -0.15) is 5.26 Å². The molecule has 0 saturated heterocycles. The van der Waals surface area contributed by atoms with Crippen LogP contribution in [0.2, 0.25) is 0 Å². The number of hydrogen-bond donors (Lipinski definition) is 1. The van der Waals surface area contributed by atoms with Crippen molar-refractivity contribution in [2.24, 2.45) is 4.99 Å². The van der Waals surface area contributed by atoms with E-state index in [1.807, 2.05) is 31.0 Å². The van der Waals surface area contributed by atoms with Crippen LogP contribution in [0.4, 0.5) is 4.39 Å². The summed E-state index contributed by atoms with van der Waals surface area (Å²) in [6.45, 7) is 7.55. The lowest BCUT2D eigenvalue weighted by molar-refractivity contribution is 0.469. The van der Waals surface area contributed by atoms with Crippen molar-refractivity contribution in [3.05, 3.63) is 47.8 Å². The summed E-state index contributed by atoms with van der Waals surface area (Å²) in [5, 5.41) is 11.9. The predicted molar refractivity (Wildman–Crippen MR) is 88.0 cm³/mol. The monoisotopic (exact) mass is 302 g/mol. The van der Waals surface area contributed by atoms with E-state index in [1.165, 1.54) is 6.07 Å². The molecule has 0 radical (unpaired) electrons. The lowest BCUT2D eigenvalue weighted by Crippen LogP contribution is -2.39. The van der Waals surface area contributed by atoms with Gasteiger partial charge in [-0.05, 0) is 31.9 Å². The minimum absolute atomic E-state index is 0.242. The average Bonchev–Trinajstić information content (AvgIpc) is 2.52. The van der Waals surface area contributed by atoms with E-state index < -0.39 is 5.82 Å². The zero-order valence-corrected chi connectivity index (χ0v) is 13.3. The van der Waals surface area contributed by atoms with Gasteiger partial charge in [0.1, 0.15) is 5.82 Å². The normalized spacial score (nSPS) is 10.9. The van der Waals surface area contributed by atoms with Gasteiger partial charge in [-0.3, -0.25) is 0 Å². The van der Waals surface area contributed by atoms with Crippen LogP contribution in [0, 0.1) is 17.1 Å². The quantitative estimate of drug-likeness (QED) is 0.364. The van der Waals surface area contributed by atoms with E-state index in [4.69, 9.17) is 5.26 Å². The van der Waals surface area contributed by atoms with Crippen LogP contribution in [0.25, 0.3) is 0 Å². The summed E-state index contributed by atoms with van der Waals surface area (Å²) in [4.78, 5) is 6.48. The van der Waals surface area contributed by atoms with Crippen LogP contribution in [0.3, 0.4) is 0 Å². The van der Waals surface area contributed by atoms with Crippen molar-refractivity contribution in [1.82, 2.24) is 10.2 Å². The largest absolute Gasteiger partial charge is 0.357 e. The number of allylic oxidation sites excluding steroid dienone is 1. The number of rotatable bonds is 7. The third-order valence-electron chi connectivity index (χ3n) is 3.18. The molecular weight excluding hydrogens is 279 g/mol. The molecule has 0 bridgehead atoms. The van der Waals surface area contributed by atoms with Crippen molar-refractivity contribution >= 4 is 5.96 Å². The fourth-order valence-corrected chi connectivity index (χ4v) is 1.95. The molecule has 1 rings (SSSR count). The SMILES string of the molecule is C=CCCCN(C)C(=NCc1ccc(C#N)cc1F)NCC. The Morgan fingerprint density at radius 1 is 1.55 bits per heavy atom. The molecule has 0 spiro atoms. The minimum Gasteiger partial charge on any atom is -0.357 e. The van der Waals surface area contributed by atoms with Gasteiger partial charge >= 0.3 is 0 Å². The molecule has 0 aliphatic rings. The summed E-state index contributed by atoms with van der Waals surface area (Å²) in [5.41, 5.74) is 0.799. The lowest BCUT2D eigenvalue weighted by Gasteiger charge is -2.21. The fourth-order valence-electron chi connectivity index (χ4n) is 1.95. The smallest absolute Gasteiger partial charge is 0.193 e. The molecule has 0 aliphatic heterocycles. The maximum absolute atomic E-state index is 13.9. The zero-order chi connectivity index (χ0) is 16.4. The molecule has 1 aromatic rings. The molecule has 1 aromatic carbocycles. The van der Waals surface area contributed by atoms with E-state index >= 15 is 0 Å². The maximum Gasteiger partial charge on any atom is 0.193 e. The van der Waals surface area contributed by atoms with Gasteiger partial charge in [0.05, 0.1) is 18.2 Å². The first-order valence-electron chi connectivity index (χ1n) is 7.41. The maximum atomic E-state index is 13.9. The first-order chi connectivity index (χ1) is 10.6. The van der Waals surface area contributed by atoms with Crippen LogP contribution in [-0.4, -0.2) is 31.0 Å². The zero-order valence-electron chi connectivity index (χ0n) is 13.3. The molecule has 0 saturated carbocycles. The second kappa shape index (κ2) is 9.56. The Morgan fingerprint density at radius 3 is 2.91 bits per heavy atom. The van der Waals surface area contributed by atoms with Crippen LogP contribution in [0.1, 0.15) is 30.9 Å². The van der Waals surface area contributed by atoms with Crippen molar-refractivity contribution < 1.29 is 4.39 Å². The molecule has 0 amide bonds. The van der Waals surface area contributed by atoms with E-state index in [9.17, 15) is 4.39 Å². The highest BCUT2D eigenvalue weighted by atomic mass is 19.1. The van der Waals surface area contributed by atoms with Crippen LogP contribution in [0.5, 0.6) is 0 Å². The van der Waals surface area contributed by atoms with Gasteiger partial charge in [-0.1, -0.05) is 12.1 Å². The molecule has 0 atom stereocenters. The van der Waals surface area contributed by atoms with Crippen molar-refractivity contribution in [2.45, 2.75) is 26.3 Å². The number of guanidine groups is 1. The summed E-state index contributed by atoms with van der Waals surface area (Å²) >= 11 is 0. The second-order valence-corrected chi connectivity index (χ2v) is 4.94. The molecule has 0 unspecified atom stereocenters. The molecule has 118 valence electrons. The highest BCUT2D eigenvalue weighted by molar-refractivity contribution is 5.79. The van der Waals surface area contributed by atoms with Gasteiger partial charge in [0, 0.05) is 25.7 Å². The van der Waals surface area contributed by atoms with Gasteiger partial charge in [-0.25, -0.2) is 9.38 Å². The first-order valence-corrected chi connectivity index (χ1v) is 7.41. The molecule has 5 heteroatoms. The lowest BCUT2D eigenvalue weighted by atomic mass is 10.1. The number of benzene rings is 1. The highest BCUT2D eigenvalue weighted by Gasteiger charge is 2.07. The summed E-state index contributed by atoms with van der Waals surface area (Å²) in [6.07, 6.45) is 3.84. The topological polar surface area (TPSA) is 51.4 Å². The van der Waals surface area contributed by atoms with Crippen molar-refractivity contribution in [1.29, 1.82) is 5.26 Å². The average molecular weight is 302 g/mol. The Labute approximate surface area is 132 Å². The summed E-state index contributed by atoms with van der Waals surface area (Å²) in [6, 6.07) is 6.38. The first kappa shape index (κ1) is 17.7. The van der Waals surface area contributed by atoms with E-state index in [-0.39, 0.29) is 6.54 Å². The van der Waals surface area contributed by atoms with Gasteiger partial charge in [0.25, 0.3) is 0 Å². The van der Waals surface area contributed by atoms with Crippen LogP contribution in [-0.2, 0) is 6.54 Å². The summed E-state index contributed by atoms with van der Waals surface area (Å²) in [7, 11) is 1.96. The number of hydrogen-bond acceptors (Lipinski definition) is 2. The Bertz CT molecular complexity index is 560. The van der Waals surface area contributed by atoms with E-state index in [0.29, 0.717) is 11.1 Å². The van der Waals surface area contributed by atoms with Crippen LogP contribution >= 0.6 is 0 Å². The van der Waals surface area contributed by atoms with Gasteiger partial charge in [0.15, 0.2) is 5.96 Å².